The SMILES string of the molecule is O=C(NCc1ccc(-n2cnc3ccccc32)nc1)c1n[nH]c2ccccc12. The molecule has 136 valence electrons. The maximum Gasteiger partial charge on any atom is 0.272 e. The Hall–Kier alpha value is -4.00. The molecule has 0 spiro atoms. The van der Waals surface area contributed by atoms with Crippen LogP contribution in [0.3, 0.4) is 0 Å². The van der Waals surface area contributed by atoms with Crippen LogP contribution in [0.25, 0.3) is 27.8 Å². The lowest BCUT2D eigenvalue weighted by Crippen LogP contribution is -2.23. The van der Waals surface area contributed by atoms with Crippen LogP contribution in [0.15, 0.2) is 73.2 Å². The van der Waals surface area contributed by atoms with Crippen molar-refractivity contribution in [3.63, 3.8) is 0 Å². The van der Waals surface area contributed by atoms with E-state index in [1.165, 1.54) is 0 Å². The average Bonchev–Trinajstić information content (AvgIpc) is 3.37. The van der Waals surface area contributed by atoms with Gasteiger partial charge < -0.3 is 5.32 Å². The van der Waals surface area contributed by atoms with Crippen molar-refractivity contribution in [2.75, 3.05) is 0 Å². The van der Waals surface area contributed by atoms with Gasteiger partial charge in [0.15, 0.2) is 5.69 Å². The molecule has 5 aromatic rings. The van der Waals surface area contributed by atoms with Crippen LogP contribution < -0.4 is 5.32 Å². The topological polar surface area (TPSA) is 88.5 Å². The van der Waals surface area contributed by atoms with Gasteiger partial charge in [0.2, 0.25) is 0 Å². The van der Waals surface area contributed by atoms with Crippen molar-refractivity contribution in [2.24, 2.45) is 0 Å². The Kier molecular flexibility index (Phi) is 3.83. The molecule has 0 atom stereocenters. The number of hydrogen-bond acceptors (Lipinski definition) is 4. The summed E-state index contributed by atoms with van der Waals surface area (Å²) in [6, 6.07) is 19.3. The van der Waals surface area contributed by atoms with Gasteiger partial charge in [-0.15, -0.1) is 0 Å². The average molecular weight is 368 g/mol. The molecular formula is C21H16N6O. The van der Waals surface area contributed by atoms with Gasteiger partial charge in [-0.25, -0.2) is 9.97 Å². The third-order valence-corrected chi connectivity index (χ3v) is 4.65. The number of nitrogens with one attached hydrogen (secondary N) is 2. The maximum absolute atomic E-state index is 12.5. The molecule has 0 aliphatic heterocycles. The number of nitrogens with zero attached hydrogens (tertiary/aromatic N) is 4. The summed E-state index contributed by atoms with van der Waals surface area (Å²) in [7, 11) is 0. The summed E-state index contributed by atoms with van der Waals surface area (Å²) in [5.74, 6) is 0.559. The van der Waals surface area contributed by atoms with Gasteiger partial charge in [0, 0.05) is 18.1 Å². The van der Waals surface area contributed by atoms with Gasteiger partial charge >= 0.3 is 0 Å². The van der Waals surface area contributed by atoms with Crippen molar-refractivity contribution in [3.8, 4) is 5.82 Å². The molecule has 0 saturated heterocycles. The Bertz CT molecular complexity index is 1290. The Morgan fingerprint density at radius 3 is 2.75 bits per heavy atom. The van der Waals surface area contributed by atoms with Crippen molar-refractivity contribution < 1.29 is 4.79 Å². The molecule has 0 aliphatic carbocycles. The minimum absolute atomic E-state index is 0.220. The number of aromatic nitrogens is 5. The van der Waals surface area contributed by atoms with Crippen molar-refractivity contribution in [2.45, 2.75) is 6.54 Å². The second kappa shape index (κ2) is 6.62. The lowest BCUT2D eigenvalue weighted by atomic mass is 10.2. The van der Waals surface area contributed by atoms with Crippen molar-refractivity contribution >= 4 is 27.8 Å². The van der Waals surface area contributed by atoms with E-state index in [2.05, 4.69) is 25.5 Å². The first-order valence-electron chi connectivity index (χ1n) is 8.88. The summed E-state index contributed by atoms with van der Waals surface area (Å²) in [4.78, 5) is 21.4. The summed E-state index contributed by atoms with van der Waals surface area (Å²) in [5.41, 5.74) is 4.06. The predicted octanol–water partition coefficient (Wildman–Crippen LogP) is 3.23. The van der Waals surface area contributed by atoms with E-state index in [-0.39, 0.29) is 5.91 Å². The molecule has 28 heavy (non-hydrogen) atoms. The molecule has 3 heterocycles. The number of H-pyrrole nitrogens is 1. The first kappa shape index (κ1) is 16.2. The van der Waals surface area contributed by atoms with Crippen LogP contribution in [0.4, 0.5) is 0 Å². The van der Waals surface area contributed by atoms with Crippen LogP contribution in [0.2, 0.25) is 0 Å². The highest BCUT2D eigenvalue weighted by molar-refractivity contribution is 6.04. The smallest absolute Gasteiger partial charge is 0.272 e. The van der Waals surface area contributed by atoms with Gasteiger partial charge in [-0.05, 0) is 29.8 Å². The number of carbonyl (C=O) groups excluding carboxylic acids is 1. The zero-order valence-electron chi connectivity index (χ0n) is 14.8. The molecule has 0 bridgehead atoms. The van der Waals surface area contributed by atoms with Gasteiger partial charge in [-0.1, -0.05) is 36.4 Å². The first-order chi connectivity index (χ1) is 13.8. The summed E-state index contributed by atoms with van der Waals surface area (Å²) in [6.07, 6.45) is 3.52. The Labute approximate surface area is 160 Å². The van der Waals surface area contributed by atoms with Gasteiger partial charge in [-0.2, -0.15) is 5.10 Å². The molecule has 0 fully saturated rings. The molecule has 0 saturated carbocycles. The van der Waals surface area contributed by atoms with Crippen LogP contribution in [-0.4, -0.2) is 30.6 Å². The normalized spacial score (nSPS) is 11.1. The van der Waals surface area contributed by atoms with Crippen molar-refractivity contribution in [1.82, 2.24) is 30.0 Å². The van der Waals surface area contributed by atoms with Crippen LogP contribution >= 0.6 is 0 Å². The highest BCUT2D eigenvalue weighted by Crippen LogP contribution is 2.17. The highest BCUT2D eigenvalue weighted by Gasteiger charge is 2.13. The number of fused-ring (bicyclic) bond motifs is 2. The maximum atomic E-state index is 12.5. The molecule has 0 aliphatic rings. The fourth-order valence-electron chi connectivity index (χ4n) is 3.21. The fourth-order valence-corrected chi connectivity index (χ4v) is 3.21. The molecule has 2 N–H and O–H groups in total. The van der Waals surface area contributed by atoms with Crippen LogP contribution in [0.5, 0.6) is 0 Å². The monoisotopic (exact) mass is 368 g/mol. The van der Waals surface area contributed by atoms with E-state index in [4.69, 9.17) is 0 Å². The molecular weight excluding hydrogens is 352 g/mol. The summed E-state index contributed by atoms with van der Waals surface area (Å²) < 4.78 is 1.94. The molecule has 3 aromatic heterocycles. The molecule has 0 radical (unpaired) electrons. The van der Waals surface area contributed by atoms with Gasteiger partial charge in [0.05, 0.1) is 16.6 Å². The fraction of sp³-hybridized carbons (Fsp3) is 0.0476. The van der Waals surface area contributed by atoms with Crippen LogP contribution in [-0.2, 0) is 6.54 Å². The first-order valence-corrected chi connectivity index (χ1v) is 8.88. The zero-order chi connectivity index (χ0) is 18.9. The Morgan fingerprint density at radius 2 is 1.86 bits per heavy atom. The van der Waals surface area contributed by atoms with E-state index >= 15 is 0 Å². The van der Waals surface area contributed by atoms with Crippen molar-refractivity contribution in [3.05, 3.63) is 84.4 Å². The van der Waals surface area contributed by atoms with E-state index in [1.807, 2.05) is 65.2 Å². The largest absolute Gasteiger partial charge is 0.346 e. The minimum atomic E-state index is -0.220. The lowest BCUT2D eigenvalue weighted by Gasteiger charge is -2.06. The quantitative estimate of drug-likeness (QED) is 0.510. The summed E-state index contributed by atoms with van der Waals surface area (Å²) in [6.45, 7) is 0.373. The van der Waals surface area contributed by atoms with Gasteiger partial charge in [0.25, 0.3) is 5.91 Å². The number of benzene rings is 2. The number of rotatable bonds is 4. The number of aromatic amines is 1. The van der Waals surface area contributed by atoms with E-state index < -0.39 is 0 Å². The third-order valence-electron chi connectivity index (χ3n) is 4.65. The van der Waals surface area contributed by atoms with Crippen LogP contribution in [0.1, 0.15) is 16.1 Å². The molecule has 5 rings (SSSR count). The zero-order valence-corrected chi connectivity index (χ0v) is 14.8. The second-order valence-electron chi connectivity index (χ2n) is 6.43. The number of carbonyl (C=O) groups is 1. The highest BCUT2D eigenvalue weighted by atomic mass is 16.1. The molecule has 0 unspecified atom stereocenters. The molecule has 1 amide bonds. The van der Waals surface area contributed by atoms with Crippen LogP contribution in [0, 0.1) is 0 Å². The second-order valence-corrected chi connectivity index (χ2v) is 6.43. The van der Waals surface area contributed by atoms with E-state index in [0.717, 1.165) is 33.3 Å². The number of hydrogen-bond donors (Lipinski definition) is 2. The molecule has 7 heteroatoms. The Balaban J connectivity index is 1.32. The Morgan fingerprint density at radius 1 is 1.00 bits per heavy atom. The number of pyridine rings is 1. The lowest BCUT2D eigenvalue weighted by molar-refractivity contribution is 0.0947. The summed E-state index contributed by atoms with van der Waals surface area (Å²) >= 11 is 0. The number of imidazole rings is 1. The van der Waals surface area contributed by atoms with Gasteiger partial charge in [-0.3, -0.25) is 14.5 Å². The van der Waals surface area contributed by atoms with E-state index in [0.29, 0.717) is 12.2 Å². The molecule has 2 aromatic carbocycles. The standard InChI is InChI=1S/C21H16N6O/c28-21(20-15-5-1-2-6-16(15)25-26-20)23-12-14-9-10-19(22-11-14)27-13-24-17-7-3-4-8-18(17)27/h1-11,13H,12H2,(H,23,28)(H,25,26). The van der Waals surface area contributed by atoms with E-state index in [9.17, 15) is 4.79 Å². The summed E-state index contributed by atoms with van der Waals surface area (Å²) in [5, 5.41) is 10.7. The number of amides is 1. The number of para-hydroxylation sites is 3. The minimum Gasteiger partial charge on any atom is -0.346 e. The third kappa shape index (κ3) is 2.79. The van der Waals surface area contributed by atoms with E-state index in [1.54, 1.807) is 12.5 Å². The molecule has 7 nitrogen and oxygen atoms in total. The van der Waals surface area contributed by atoms with Gasteiger partial charge in [0.1, 0.15) is 12.1 Å². The van der Waals surface area contributed by atoms with Crippen molar-refractivity contribution in [1.29, 1.82) is 0 Å². The predicted molar refractivity (Wildman–Crippen MR) is 106 cm³/mol.